The molecule has 1 spiro atoms. The van der Waals surface area contributed by atoms with Gasteiger partial charge < -0.3 is 24.0 Å². The van der Waals surface area contributed by atoms with Crippen molar-refractivity contribution in [1.29, 1.82) is 0 Å². The molecule has 1 saturated carbocycles. The quantitative estimate of drug-likeness (QED) is 0.394. The maximum Gasteiger partial charge on any atom is 0.416 e. The van der Waals surface area contributed by atoms with E-state index in [-0.39, 0.29) is 24.2 Å². The minimum Gasteiger partial charge on any atom is -0.465 e. The maximum atomic E-state index is 13.1. The Balaban J connectivity index is 0.941. The van der Waals surface area contributed by atoms with Gasteiger partial charge >= 0.3 is 6.18 Å². The van der Waals surface area contributed by atoms with Crippen LogP contribution in [0, 0.1) is 23.7 Å². The second kappa shape index (κ2) is 10.9. The molecule has 8 nitrogen and oxygen atoms in total. The Bertz CT molecular complexity index is 1370. The summed E-state index contributed by atoms with van der Waals surface area (Å²) in [5.41, 5.74) is 0.311. The smallest absolute Gasteiger partial charge is 0.416 e. The van der Waals surface area contributed by atoms with Gasteiger partial charge in [-0.25, -0.2) is 9.78 Å². The molecule has 0 N–H and O–H groups in total. The molecule has 8 rings (SSSR count). The topological polar surface area (TPSA) is 69.7 Å². The van der Waals surface area contributed by atoms with Gasteiger partial charge in [0.25, 0.3) is 0 Å². The van der Waals surface area contributed by atoms with E-state index in [1.54, 1.807) is 4.90 Å². The summed E-state index contributed by atoms with van der Waals surface area (Å²) in [5, 5.41) is 0. The fourth-order valence-corrected chi connectivity index (χ4v) is 8.00. The standard InChI is InChI=1S/C33H39F3N2O6/c1-20-4-13-26-21(2)29(41-30-32(26)27(20)19-31(3,42-30)43-44-32)40-25-11-5-22(6-12-25)18-28(39)38-16-14-37(15-17-38)24-9-7-23(8-10-24)33(34,35)36/h5-12,20-21,26-27,29-30H,4,13-19H2,1-3H3/t20-,21-,26?,27?,29+,30-,31+,32+/m1/s1. The van der Waals surface area contributed by atoms with Crippen LogP contribution in [0.4, 0.5) is 18.9 Å². The van der Waals surface area contributed by atoms with E-state index >= 15 is 0 Å². The van der Waals surface area contributed by atoms with Crippen molar-refractivity contribution < 1.29 is 42.0 Å². The molecule has 238 valence electrons. The highest BCUT2D eigenvalue weighted by Gasteiger charge is 2.72. The zero-order valence-corrected chi connectivity index (χ0v) is 25.2. The summed E-state index contributed by atoms with van der Waals surface area (Å²) in [6, 6.07) is 12.7. The summed E-state index contributed by atoms with van der Waals surface area (Å²) in [4.78, 5) is 28.7. The zero-order valence-electron chi connectivity index (χ0n) is 25.2. The highest BCUT2D eigenvalue weighted by atomic mass is 19.4. The van der Waals surface area contributed by atoms with Crippen LogP contribution in [0.15, 0.2) is 48.5 Å². The van der Waals surface area contributed by atoms with Crippen molar-refractivity contribution in [3.63, 3.8) is 0 Å². The minimum atomic E-state index is -4.36. The molecule has 2 aromatic carbocycles. The van der Waals surface area contributed by atoms with E-state index in [1.807, 2.05) is 36.1 Å². The van der Waals surface area contributed by atoms with E-state index in [2.05, 4.69) is 13.8 Å². The van der Waals surface area contributed by atoms with Crippen molar-refractivity contribution in [3.05, 3.63) is 59.7 Å². The first-order valence-electron chi connectivity index (χ1n) is 15.6. The van der Waals surface area contributed by atoms with Crippen LogP contribution in [0.25, 0.3) is 0 Å². The van der Waals surface area contributed by atoms with Crippen molar-refractivity contribution >= 4 is 11.6 Å². The van der Waals surface area contributed by atoms with Gasteiger partial charge in [-0.05, 0) is 67.6 Å². The van der Waals surface area contributed by atoms with Crippen LogP contribution < -0.4 is 9.64 Å². The highest BCUT2D eigenvalue weighted by Crippen LogP contribution is 2.62. The van der Waals surface area contributed by atoms with Crippen LogP contribution in [0.2, 0.25) is 0 Å². The average molecular weight is 617 g/mol. The van der Waals surface area contributed by atoms with E-state index in [9.17, 15) is 18.0 Å². The Morgan fingerprint density at radius 2 is 1.66 bits per heavy atom. The van der Waals surface area contributed by atoms with Crippen molar-refractivity contribution in [2.45, 2.75) is 76.6 Å². The normalized spacial score (nSPS) is 36.6. The third kappa shape index (κ3) is 5.15. The minimum absolute atomic E-state index is 0.0153. The summed E-state index contributed by atoms with van der Waals surface area (Å²) < 4.78 is 57.8. The van der Waals surface area contributed by atoms with Gasteiger partial charge in [0.05, 0.1) is 12.0 Å². The second-order valence-corrected chi connectivity index (χ2v) is 13.3. The van der Waals surface area contributed by atoms with Gasteiger partial charge in [0.2, 0.25) is 18.0 Å². The average Bonchev–Trinajstić information content (AvgIpc) is 3.01. The molecule has 6 fully saturated rings. The largest absolute Gasteiger partial charge is 0.465 e. The first-order valence-corrected chi connectivity index (χ1v) is 15.6. The van der Waals surface area contributed by atoms with Gasteiger partial charge in [0.15, 0.2) is 11.9 Å². The summed E-state index contributed by atoms with van der Waals surface area (Å²) >= 11 is 0. The molecule has 2 unspecified atom stereocenters. The summed E-state index contributed by atoms with van der Waals surface area (Å²) in [7, 11) is 0. The molecule has 5 heterocycles. The first kappa shape index (κ1) is 29.8. The first-order chi connectivity index (χ1) is 20.9. The number of piperazine rings is 1. The molecular weight excluding hydrogens is 577 g/mol. The van der Waals surface area contributed by atoms with Crippen LogP contribution >= 0.6 is 0 Å². The van der Waals surface area contributed by atoms with Crippen molar-refractivity contribution in [2.75, 3.05) is 31.1 Å². The molecule has 44 heavy (non-hydrogen) atoms. The highest BCUT2D eigenvalue weighted by molar-refractivity contribution is 5.79. The van der Waals surface area contributed by atoms with E-state index in [0.29, 0.717) is 43.8 Å². The van der Waals surface area contributed by atoms with Crippen molar-refractivity contribution in [2.24, 2.45) is 23.7 Å². The van der Waals surface area contributed by atoms with Crippen molar-refractivity contribution in [1.82, 2.24) is 4.90 Å². The number of ether oxygens (including phenoxy) is 3. The van der Waals surface area contributed by atoms with Crippen LogP contribution in [-0.4, -0.2) is 61.0 Å². The summed E-state index contributed by atoms with van der Waals surface area (Å²) in [6.07, 6.45) is -2.28. The number of carbonyl (C=O) groups excluding carboxylic acids is 1. The molecule has 0 radical (unpaired) electrons. The van der Waals surface area contributed by atoms with Gasteiger partial charge in [-0.2, -0.15) is 13.2 Å². The van der Waals surface area contributed by atoms with Gasteiger partial charge in [-0.1, -0.05) is 26.0 Å². The van der Waals surface area contributed by atoms with Gasteiger partial charge in [-0.15, -0.1) is 0 Å². The molecule has 0 aromatic heterocycles. The Kier molecular flexibility index (Phi) is 7.38. The van der Waals surface area contributed by atoms with E-state index < -0.39 is 35.7 Å². The Morgan fingerprint density at radius 1 is 0.955 bits per heavy atom. The van der Waals surface area contributed by atoms with Gasteiger partial charge in [0, 0.05) is 56.0 Å². The third-order valence-electron chi connectivity index (χ3n) is 10.5. The number of benzene rings is 2. The Morgan fingerprint density at radius 3 is 2.34 bits per heavy atom. The number of hydrogen-bond acceptors (Lipinski definition) is 7. The third-order valence-corrected chi connectivity index (χ3v) is 10.5. The lowest BCUT2D eigenvalue weighted by Gasteiger charge is -2.66. The number of amides is 1. The van der Waals surface area contributed by atoms with Crippen LogP contribution in [0.1, 0.15) is 51.2 Å². The van der Waals surface area contributed by atoms with E-state index in [1.165, 1.54) is 12.1 Å². The molecule has 2 bridgehead atoms. The Labute approximate surface area is 255 Å². The number of hydrogen-bond donors (Lipinski definition) is 0. The second-order valence-electron chi connectivity index (χ2n) is 13.3. The number of alkyl halides is 3. The molecule has 2 aromatic rings. The molecule has 1 amide bonds. The number of halogens is 3. The lowest BCUT2D eigenvalue weighted by atomic mass is 9.56. The lowest BCUT2D eigenvalue weighted by molar-refractivity contribution is -0.614. The van der Waals surface area contributed by atoms with Crippen molar-refractivity contribution in [3.8, 4) is 5.75 Å². The van der Waals surface area contributed by atoms with Crippen LogP contribution in [0.5, 0.6) is 5.75 Å². The molecule has 11 heteroatoms. The summed E-state index contributed by atoms with van der Waals surface area (Å²) in [6.45, 7) is 8.47. The molecule has 5 aliphatic heterocycles. The zero-order chi connectivity index (χ0) is 30.9. The van der Waals surface area contributed by atoms with Gasteiger partial charge in [0.1, 0.15) is 5.75 Å². The number of carbonyl (C=O) groups is 1. The SMILES string of the molecule is C[C@@H]1CCC2[C@@H](C)[C@@H](Oc3ccc(CC(=O)N4CCN(c5ccc(C(F)(F)F)cc5)CC4)cc3)O[C@@H]3O[C@]4(C)CC1[C@@]23OO4. The van der Waals surface area contributed by atoms with Crippen LogP contribution in [0.3, 0.4) is 0 Å². The predicted octanol–water partition coefficient (Wildman–Crippen LogP) is 5.79. The molecule has 8 atom stereocenters. The number of nitrogens with zero attached hydrogens (tertiary/aromatic N) is 2. The monoisotopic (exact) mass is 616 g/mol. The lowest BCUT2D eigenvalue weighted by Crippen LogP contribution is -2.76. The van der Waals surface area contributed by atoms with Crippen LogP contribution in [-0.2, 0) is 36.6 Å². The predicted molar refractivity (Wildman–Crippen MR) is 153 cm³/mol. The number of anilines is 1. The molecule has 1 aliphatic carbocycles. The van der Waals surface area contributed by atoms with Gasteiger partial charge in [-0.3, -0.25) is 4.79 Å². The fourth-order valence-electron chi connectivity index (χ4n) is 8.00. The maximum absolute atomic E-state index is 13.1. The summed E-state index contributed by atoms with van der Waals surface area (Å²) in [5.74, 6) is 0.860. The molecular formula is C33H39F3N2O6. The van der Waals surface area contributed by atoms with E-state index in [4.69, 9.17) is 24.0 Å². The number of fused-ring (bicyclic) bond motifs is 1. The molecule has 6 aliphatic rings. The van der Waals surface area contributed by atoms with E-state index in [0.717, 1.165) is 42.6 Å². The number of rotatable bonds is 5. The Hall–Kier alpha value is -2.86. The fraction of sp³-hybridized carbons (Fsp3) is 0.606. The molecule has 5 saturated heterocycles.